The van der Waals surface area contributed by atoms with E-state index in [1.807, 2.05) is 0 Å². The van der Waals surface area contributed by atoms with Crippen molar-refractivity contribution in [2.45, 2.75) is 33.1 Å². The Morgan fingerprint density at radius 1 is 1.15 bits per heavy atom. The molecule has 3 nitrogen and oxygen atoms in total. The van der Waals surface area contributed by atoms with Crippen LogP contribution in [0, 0.1) is 5.82 Å². The Morgan fingerprint density at radius 2 is 1.75 bits per heavy atom. The number of nitrogens with one attached hydrogen (secondary N) is 1. The highest BCUT2D eigenvalue weighted by atomic mass is 19.1. The Morgan fingerprint density at radius 3 is 2.30 bits per heavy atom. The third kappa shape index (κ3) is 6.66. The van der Waals surface area contributed by atoms with Gasteiger partial charge in [0.25, 0.3) is 0 Å². The zero-order valence-electron chi connectivity index (χ0n) is 12.5. The lowest BCUT2D eigenvalue weighted by Gasteiger charge is -2.20. The maximum atomic E-state index is 12.8. The lowest BCUT2D eigenvalue weighted by atomic mass is 10.1. The zero-order valence-corrected chi connectivity index (χ0v) is 12.5. The van der Waals surface area contributed by atoms with E-state index in [0.717, 1.165) is 37.9 Å². The summed E-state index contributed by atoms with van der Waals surface area (Å²) in [5, 5.41) is 2.92. The second-order valence-corrected chi connectivity index (χ2v) is 5.00. The van der Waals surface area contributed by atoms with Crippen molar-refractivity contribution in [3.8, 4) is 0 Å². The van der Waals surface area contributed by atoms with Gasteiger partial charge >= 0.3 is 0 Å². The van der Waals surface area contributed by atoms with Gasteiger partial charge in [0.2, 0.25) is 5.91 Å². The topological polar surface area (TPSA) is 32.3 Å². The van der Waals surface area contributed by atoms with Gasteiger partial charge in [-0.05, 0) is 50.0 Å². The molecule has 0 aromatic heterocycles. The van der Waals surface area contributed by atoms with E-state index < -0.39 is 0 Å². The minimum atomic E-state index is -0.229. The molecular formula is C16H25FN2O. The first-order valence-electron chi connectivity index (χ1n) is 7.39. The molecule has 0 heterocycles. The predicted octanol–water partition coefficient (Wildman–Crippen LogP) is 2.61. The molecule has 0 aliphatic rings. The molecule has 0 bridgehead atoms. The third-order valence-corrected chi connectivity index (χ3v) is 3.10. The summed E-state index contributed by atoms with van der Waals surface area (Å²) in [6.07, 6.45) is 2.85. The van der Waals surface area contributed by atoms with Crippen LogP contribution in [0.5, 0.6) is 0 Å². The van der Waals surface area contributed by atoms with Crippen LogP contribution in [0.25, 0.3) is 0 Å². The maximum Gasteiger partial charge on any atom is 0.234 e. The summed E-state index contributed by atoms with van der Waals surface area (Å²) in [7, 11) is 0. The summed E-state index contributed by atoms with van der Waals surface area (Å²) < 4.78 is 12.8. The first-order chi connectivity index (χ1) is 9.65. The van der Waals surface area contributed by atoms with Gasteiger partial charge in [0, 0.05) is 6.54 Å². The molecule has 1 aromatic carbocycles. The third-order valence-electron chi connectivity index (χ3n) is 3.10. The fourth-order valence-electron chi connectivity index (χ4n) is 2.16. The average molecular weight is 280 g/mol. The number of carbonyl (C=O) groups is 1. The highest BCUT2D eigenvalue weighted by molar-refractivity contribution is 5.78. The van der Waals surface area contributed by atoms with Crippen LogP contribution in [-0.4, -0.2) is 37.0 Å². The van der Waals surface area contributed by atoms with Crippen LogP contribution in [0.3, 0.4) is 0 Å². The molecule has 0 fully saturated rings. The molecule has 112 valence electrons. The van der Waals surface area contributed by atoms with E-state index >= 15 is 0 Å². The number of hydrogen-bond acceptors (Lipinski definition) is 2. The average Bonchev–Trinajstić information content (AvgIpc) is 2.41. The second-order valence-electron chi connectivity index (χ2n) is 5.00. The summed E-state index contributed by atoms with van der Waals surface area (Å²) in [4.78, 5) is 14.0. The number of benzene rings is 1. The molecule has 0 aliphatic carbocycles. The van der Waals surface area contributed by atoms with Crippen LogP contribution in [0.1, 0.15) is 32.3 Å². The minimum absolute atomic E-state index is 0.0639. The Kier molecular flexibility index (Phi) is 7.88. The molecule has 20 heavy (non-hydrogen) atoms. The Bertz CT molecular complexity index is 386. The Balaban J connectivity index is 2.26. The highest BCUT2D eigenvalue weighted by Crippen LogP contribution is 2.02. The van der Waals surface area contributed by atoms with Crippen LogP contribution >= 0.6 is 0 Å². The summed E-state index contributed by atoms with van der Waals surface area (Å²) in [5.41, 5.74) is 1.03. The molecule has 1 amide bonds. The Hall–Kier alpha value is -1.42. The van der Waals surface area contributed by atoms with E-state index in [2.05, 4.69) is 24.1 Å². The van der Waals surface area contributed by atoms with Gasteiger partial charge in [-0.1, -0.05) is 26.0 Å². The molecule has 0 saturated carbocycles. The normalized spacial score (nSPS) is 10.8. The van der Waals surface area contributed by atoms with Crippen LogP contribution in [-0.2, 0) is 11.2 Å². The lowest BCUT2D eigenvalue weighted by Crippen LogP contribution is -2.38. The van der Waals surface area contributed by atoms with Crippen molar-refractivity contribution in [1.82, 2.24) is 10.2 Å². The molecule has 1 aromatic rings. The number of halogens is 1. The first kappa shape index (κ1) is 16.6. The van der Waals surface area contributed by atoms with E-state index in [0.29, 0.717) is 13.1 Å². The van der Waals surface area contributed by atoms with Crippen molar-refractivity contribution >= 4 is 5.91 Å². The van der Waals surface area contributed by atoms with Gasteiger partial charge in [0.05, 0.1) is 6.54 Å². The van der Waals surface area contributed by atoms with Crippen molar-refractivity contribution < 1.29 is 9.18 Å². The monoisotopic (exact) mass is 280 g/mol. The summed E-state index contributed by atoms with van der Waals surface area (Å²) in [6.45, 7) is 7.21. The largest absolute Gasteiger partial charge is 0.355 e. The molecular weight excluding hydrogens is 255 g/mol. The molecule has 0 radical (unpaired) electrons. The number of nitrogens with zero attached hydrogens (tertiary/aromatic N) is 1. The van der Waals surface area contributed by atoms with Crippen LogP contribution in [0.4, 0.5) is 4.39 Å². The molecule has 0 spiro atoms. The highest BCUT2D eigenvalue weighted by Gasteiger charge is 2.08. The van der Waals surface area contributed by atoms with Gasteiger partial charge in [-0.2, -0.15) is 0 Å². The van der Waals surface area contributed by atoms with E-state index in [1.165, 1.54) is 12.1 Å². The van der Waals surface area contributed by atoms with E-state index in [4.69, 9.17) is 0 Å². The van der Waals surface area contributed by atoms with Crippen molar-refractivity contribution in [2.24, 2.45) is 0 Å². The summed E-state index contributed by atoms with van der Waals surface area (Å²) in [5.74, 6) is -0.165. The van der Waals surface area contributed by atoms with Crippen LogP contribution in [0.2, 0.25) is 0 Å². The summed E-state index contributed by atoms with van der Waals surface area (Å²) in [6, 6.07) is 6.40. The molecule has 1 rings (SSSR count). The van der Waals surface area contributed by atoms with Gasteiger partial charge in [-0.3, -0.25) is 9.69 Å². The smallest absolute Gasteiger partial charge is 0.234 e. The van der Waals surface area contributed by atoms with E-state index in [-0.39, 0.29) is 11.7 Å². The zero-order chi connectivity index (χ0) is 14.8. The predicted molar refractivity (Wildman–Crippen MR) is 80.1 cm³/mol. The fourth-order valence-corrected chi connectivity index (χ4v) is 2.16. The van der Waals surface area contributed by atoms with Crippen LogP contribution in [0.15, 0.2) is 24.3 Å². The fraction of sp³-hybridized carbons (Fsp3) is 0.562. The Labute approximate surface area is 121 Å². The molecule has 4 heteroatoms. The first-order valence-corrected chi connectivity index (χ1v) is 7.39. The van der Waals surface area contributed by atoms with Crippen molar-refractivity contribution in [3.05, 3.63) is 35.6 Å². The molecule has 0 saturated heterocycles. The van der Waals surface area contributed by atoms with Crippen molar-refractivity contribution in [1.29, 1.82) is 0 Å². The minimum Gasteiger partial charge on any atom is -0.355 e. The van der Waals surface area contributed by atoms with Crippen molar-refractivity contribution in [2.75, 3.05) is 26.2 Å². The molecule has 0 aliphatic heterocycles. The number of carbonyl (C=O) groups excluding carboxylic acids is 1. The molecule has 0 unspecified atom stereocenters. The van der Waals surface area contributed by atoms with Crippen molar-refractivity contribution in [3.63, 3.8) is 0 Å². The lowest BCUT2D eigenvalue weighted by molar-refractivity contribution is -0.122. The molecule has 0 atom stereocenters. The van der Waals surface area contributed by atoms with Gasteiger partial charge < -0.3 is 5.32 Å². The second kappa shape index (κ2) is 9.48. The number of hydrogen-bond donors (Lipinski definition) is 1. The van der Waals surface area contributed by atoms with Gasteiger partial charge in [-0.25, -0.2) is 4.39 Å². The van der Waals surface area contributed by atoms with E-state index in [9.17, 15) is 9.18 Å². The quantitative estimate of drug-likeness (QED) is 0.754. The van der Waals surface area contributed by atoms with E-state index in [1.54, 1.807) is 12.1 Å². The SMILES string of the molecule is CCCN(CCC)CC(=O)NCCc1ccc(F)cc1. The summed E-state index contributed by atoms with van der Waals surface area (Å²) >= 11 is 0. The van der Waals surface area contributed by atoms with Gasteiger partial charge in [0.1, 0.15) is 5.82 Å². The maximum absolute atomic E-state index is 12.8. The molecule has 1 N–H and O–H groups in total. The van der Waals surface area contributed by atoms with Gasteiger partial charge in [0.15, 0.2) is 0 Å². The number of amides is 1. The van der Waals surface area contributed by atoms with Gasteiger partial charge in [-0.15, -0.1) is 0 Å². The number of rotatable bonds is 9. The van der Waals surface area contributed by atoms with Crippen LogP contribution < -0.4 is 5.32 Å². The standard InChI is InChI=1S/C16H25FN2O/c1-3-11-19(12-4-2)13-16(20)18-10-9-14-5-7-15(17)8-6-14/h5-8H,3-4,9-13H2,1-2H3,(H,18,20).